The predicted octanol–water partition coefficient (Wildman–Crippen LogP) is 0.0620. The van der Waals surface area contributed by atoms with E-state index in [4.69, 9.17) is 5.73 Å². The van der Waals surface area contributed by atoms with Crippen LogP contribution in [0.5, 0.6) is 0 Å². The molecule has 0 fully saturated rings. The van der Waals surface area contributed by atoms with Crippen LogP contribution in [0.1, 0.15) is 24.0 Å². The summed E-state index contributed by atoms with van der Waals surface area (Å²) in [4.78, 5) is 8.66. The zero-order valence-corrected chi connectivity index (χ0v) is 16.5. The van der Waals surface area contributed by atoms with E-state index in [1.807, 2.05) is 13.1 Å². The fourth-order valence-corrected chi connectivity index (χ4v) is 3.02. The highest BCUT2D eigenvalue weighted by Gasteiger charge is 2.13. The summed E-state index contributed by atoms with van der Waals surface area (Å²) < 4.78 is 3.47. The first-order chi connectivity index (χ1) is 9.67. The second-order valence-electron chi connectivity index (χ2n) is 4.83. The van der Waals surface area contributed by atoms with E-state index in [1.165, 1.54) is 15.8 Å². The Morgan fingerprint density at radius 1 is 1.36 bits per heavy atom. The molecule has 0 unspecified atom stereocenters. The summed E-state index contributed by atoms with van der Waals surface area (Å²) in [5, 5.41) is 3.40. The molecular formula is C15H18Br2N4S. The van der Waals surface area contributed by atoms with Gasteiger partial charge in [-0.3, -0.25) is 0 Å². The van der Waals surface area contributed by atoms with Crippen LogP contribution >= 0.6 is 28.3 Å². The lowest BCUT2D eigenvalue weighted by atomic mass is 10.2. The molecule has 0 saturated carbocycles. The van der Waals surface area contributed by atoms with Crippen LogP contribution in [0, 0.1) is 6.92 Å². The number of nitrogens with two attached hydrogens (primary N) is 1. The van der Waals surface area contributed by atoms with Gasteiger partial charge < -0.3 is 22.7 Å². The van der Waals surface area contributed by atoms with Crippen LogP contribution in [0.15, 0.2) is 29.9 Å². The van der Waals surface area contributed by atoms with Crippen molar-refractivity contribution in [3.8, 4) is 0 Å². The van der Waals surface area contributed by atoms with Crippen LogP contribution in [0.3, 0.4) is 0 Å². The Hall–Kier alpha value is -1.05. The number of anilines is 1. The number of hydrogen-bond donors (Lipinski definition) is 1. The molecule has 3 heterocycles. The summed E-state index contributed by atoms with van der Waals surface area (Å²) in [5.41, 5.74) is 8.19. The van der Waals surface area contributed by atoms with Crippen LogP contribution in [0.25, 0.3) is 10.1 Å². The summed E-state index contributed by atoms with van der Waals surface area (Å²) in [6, 6.07) is 4.34. The van der Waals surface area contributed by atoms with E-state index >= 15 is 0 Å². The quantitative estimate of drug-likeness (QED) is 0.580. The van der Waals surface area contributed by atoms with E-state index in [2.05, 4.69) is 45.2 Å². The number of aryl methyl sites for hydroxylation is 2. The van der Waals surface area contributed by atoms with Crippen LogP contribution in [-0.2, 0) is 13.0 Å². The molecule has 4 nitrogen and oxygen atoms in total. The minimum atomic E-state index is 0. The average molecular weight is 446 g/mol. The minimum Gasteiger partial charge on any atom is -1.00 e. The third-order valence-corrected chi connectivity index (χ3v) is 4.29. The number of rotatable bonds is 3. The van der Waals surface area contributed by atoms with Crippen molar-refractivity contribution in [1.82, 2.24) is 9.97 Å². The van der Waals surface area contributed by atoms with Crippen molar-refractivity contribution in [1.29, 1.82) is 0 Å². The van der Waals surface area contributed by atoms with Gasteiger partial charge in [0.25, 0.3) is 0 Å². The summed E-state index contributed by atoms with van der Waals surface area (Å²) in [6.45, 7) is 4.84. The lowest BCUT2D eigenvalue weighted by Gasteiger charge is -2.05. The highest BCUT2D eigenvalue weighted by atomic mass is 79.9. The smallest absolute Gasteiger partial charge is 0.187 e. The maximum atomic E-state index is 6.03. The summed E-state index contributed by atoms with van der Waals surface area (Å²) in [5.74, 6) is 1.37. The van der Waals surface area contributed by atoms with Gasteiger partial charge in [0, 0.05) is 31.0 Å². The van der Waals surface area contributed by atoms with Gasteiger partial charge in [-0.25, -0.2) is 9.97 Å². The molecule has 0 aliphatic heterocycles. The molecule has 3 aromatic rings. The summed E-state index contributed by atoms with van der Waals surface area (Å²) in [6.07, 6.45) is 4.81. The normalized spacial score (nSPS) is 10.1. The number of aromatic nitrogens is 3. The van der Waals surface area contributed by atoms with Gasteiger partial charge in [0.15, 0.2) is 18.4 Å². The van der Waals surface area contributed by atoms with Gasteiger partial charge in [-0.05, 0) is 11.4 Å². The van der Waals surface area contributed by atoms with Crippen molar-refractivity contribution in [2.45, 2.75) is 26.8 Å². The number of pyridine rings is 1. The number of fused-ring (bicyclic) bond motifs is 1. The van der Waals surface area contributed by atoms with Gasteiger partial charge in [-0.15, -0.1) is 28.3 Å². The Morgan fingerprint density at radius 3 is 2.82 bits per heavy atom. The van der Waals surface area contributed by atoms with Gasteiger partial charge in [0.1, 0.15) is 11.6 Å². The third kappa shape index (κ3) is 3.83. The number of nitrogen functional groups attached to an aromatic ring is 1. The molecule has 7 heteroatoms. The molecule has 3 aromatic heterocycles. The summed E-state index contributed by atoms with van der Waals surface area (Å²) in [7, 11) is 0. The van der Waals surface area contributed by atoms with E-state index in [0.717, 1.165) is 17.8 Å². The number of nitrogens with zero attached hydrogens (tertiary/aromatic N) is 3. The fourth-order valence-electron chi connectivity index (χ4n) is 2.21. The number of hydrogen-bond acceptors (Lipinski definition) is 4. The maximum absolute atomic E-state index is 6.03. The summed E-state index contributed by atoms with van der Waals surface area (Å²) >= 11 is 1.75. The molecule has 118 valence electrons. The van der Waals surface area contributed by atoms with E-state index in [-0.39, 0.29) is 34.0 Å². The molecule has 22 heavy (non-hydrogen) atoms. The van der Waals surface area contributed by atoms with Crippen LogP contribution in [0.2, 0.25) is 0 Å². The van der Waals surface area contributed by atoms with Crippen molar-refractivity contribution in [3.63, 3.8) is 0 Å². The molecule has 2 N–H and O–H groups in total. The van der Waals surface area contributed by atoms with E-state index in [0.29, 0.717) is 12.4 Å². The van der Waals surface area contributed by atoms with E-state index < -0.39 is 0 Å². The third-order valence-electron chi connectivity index (χ3n) is 3.42. The second kappa shape index (κ2) is 7.99. The van der Waals surface area contributed by atoms with Gasteiger partial charge in [0.05, 0.1) is 10.3 Å². The van der Waals surface area contributed by atoms with Crippen LogP contribution in [0.4, 0.5) is 5.82 Å². The molecule has 0 aliphatic rings. The Kier molecular flexibility index (Phi) is 6.90. The van der Waals surface area contributed by atoms with Gasteiger partial charge in [0.2, 0.25) is 0 Å². The monoisotopic (exact) mass is 444 g/mol. The zero-order chi connectivity index (χ0) is 14.1. The standard InChI is InChI=1S/C15H17N4S.2BrH/c1-3-14-17-7-12(15(16)18-14)8-19-9-13-11(4-5-20-13)6-10(19)2;;/h4-7,9H,3,8H2,1-2H3,(H2,16,17,18);2*1H/q+1;;/p-1. The van der Waals surface area contributed by atoms with Crippen molar-refractivity contribution >= 4 is 44.2 Å². The Labute approximate surface area is 155 Å². The van der Waals surface area contributed by atoms with Gasteiger partial charge in [-0.1, -0.05) is 6.92 Å². The van der Waals surface area contributed by atoms with Crippen molar-refractivity contribution in [3.05, 3.63) is 47.0 Å². The topological polar surface area (TPSA) is 55.7 Å². The number of thiophene rings is 1. The molecule has 0 spiro atoms. The van der Waals surface area contributed by atoms with E-state index in [9.17, 15) is 0 Å². The van der Waals surface area contributed by atoms with Gasteiger partial charge in [-0.2, -0.15) is 4.57 Å². The first kappa shape index (κ1) is 19.0. The predicted molar refractivity (Wildman–Crippen MR) is 92.0 cm³/mol. The highest BCUT2D eigenvalue weighted by Crippen LogP contribution is 2.19. The van der Waals surface area contributed by atoms with Crippen molar-refractivity contribution < 1.29 is 21.5 Å². The largest absolute Gasteiger partial charge is 1.00 e. The molecule has 0 aliphatic carbocycles. The molecule has 0 amide bonds. The molecule has 0 radical (unpaired) electrons. The minimum absolute atomic E-state index is 0. The second-order valence-corrected chi connectivity index (χ2v) is 5.78. The van der Waals surface area contributed by atoms with Crippen LogP contribution < -0.4 is 27.3 Å². The van der Waals surface area contributed by atoms with Crippen molar-refractivity contribution in [2.75, 3.05) is 5.73 Å². The Bertz CT molecular complexity index is 773. The molecular weight excluding hydrogens is 428 g/mol. The lowest BCUT2D eigenvalue weighted by Crippen LogP contribution is -3.00. The zero-order valence-electron chi connectivity index (χ0n) is 12.4. The fraction of sp³-hybridized carbons (Fsp3) is 0.267. The van der Waals surface area contributed by atoms with Crippen molar-refractivity contribution in [2.24, 2.45) is 0 Å². The lowest BCUT2D eigenvalue weighted by molar-refractivity contribution is -0.692. The van der Waals surface area contributed by atoms with Crippen LogP contribution in [-0.4, -0.2) is 9.97 Å². The Balaban J connectivity index is 0.00000121. The van der Waals surface area contributed by atoms with Gasteiger partial charge >= 0.3 is 0 Å². The molecule has 0 aromatic carbocycles. The maximum Gasteiger partial charge on any atom is 0.187 e. The highest BCUT2D eigenvalue weighted by molar-refractivity contribution is 8.93. The molecule has 0 atom stereocenters. The molecule has 3 rings (SSSR count). The van der Waals surface area contributed by atoms with E-state index in [1.54, 1.807) is 11.3 Å². The average Bonchev–Trinajstić information content (AvgIpc) is 2.88. The molecule has 0 bridgehead atoms. The Morgan fingerprint density at radius 2 is 2.14 bits per heavy atom. The number of halogens is 2. The first-order valence-electron chi connectivity index (χ1n) is 6.65. The SMILES string of the molecule is Br.CCc1ncc(C[n+]2cc3sccc3cc2C)c(N)n1.[Br-]. The molecule has 0 saturated heterocycles. The first-order valence-corrected chi connectivity index (χ1v) is 7.53.